The van der Waals surface area contributed by atoms with Gasteiger partial charge in [-0.1, -0.05) is 30.7 Å². The van der Waals surface area contributed by atoms with E-state index < -0.39 is 0 Å². The number of aryl methyl sites for hydroxylation is 2. The molecule has 96 valence electrons. The molecule has 0 aromatic heterocycles. The largest absolute Gasteiger partial charge is 0.380 e. The Bertz CT molecular complexity index is 328. The number of nitrogens with one attached hydrogen (secondary N) is 1. The van der Waals surface area contributed by atoms with Gasteiger partial charge in [-0.25, -0.2) is 0 Å². The van der Waals surface area contributed by atoms with Gasteiger partial charge in [-0.3, -0.25) is 0 Å². The Morgan fingerprint density at radius 2 is 2.00 bits per heavy atom. The van der Waals surface area contributed by atoms with Gasteiger partial charge in [-0.15, -0.1) is 0 Å². The van der Waals surface area contributed by atoms with Crippen molar-refractivity contribution in [2.75, 3.05) is 19.8 Å². The van der Waals surface area contributed by atoms with Crippen LogP contribution < -0.4 is 5.32 Å². The molecule has 0 saturated carbocycles. The van der Waals surface area contributed by atoms with Gasteiger partial charge in [-0.2, -0.15) is 0 Å². The lowest BCUT2D eigenvalue weighted by atomic mass is 9.99. The summed E-state index contributed by atoms with van der Waals surface area (Å²) in [5.74, 6) is 0. The van der Waals surface area contributed by atoms with E-state index in [2.05, 4.69) is 44.3 Å². The van der Waals surface area contributed by atoms with Gasteiger partial charge >= 0.3 is 0 Å². The van der Waals surface area contributed by atoms with Crippen LogP contribution >= 0.6 is 0 Å². The zero-order chi connectivity index (χ0) is 12.7. The Balaban J connectivity index is 2.79. The summed E-state index contributed by atoms with van der Waals surface area (Å²) in [6.07, 6.45) is 1.15. The first-order valence-corrected chi connectivity index (χ1v) is 6.57. The number of rotatable bonds is 7. The number of ether oxygens (including phenoxy) is 1. The Kier molecular flexibility index (Phi) is 6.23. The molecule has 1 aromatic rings. The average molecular weight is 235 g/mol. The van der Waals surface area contributed by atoms with Crippen molar-refractivity contribution in [3.63, 3.8) is 0 Å². The second kappa shape index (κ2) is 7.46. The van der Waals surface area contributed by atoms with Crippen LogP contribution in [0.4, 0.5) is 0 Å². The van der Waals surface area contributed by atoms with Gasteiger partial charge in [0.05, 0.1) is 12.6 Å². The molecular formula is C15H25NO. The van der Waals surface area contributed by atoms with Crippen LogP contribution in [0.25, 0.3) is 0 Å². The van der Waals surface area contributed by atoms with Crippen LogP contribution in [0.1, 0.15) is 43.0 Å². The van der Waals surface area contributed by atoms with E-state index in [0.717, 1.165) is 26.2 Å². The topological polar surface area (TPSA) is 21.3 Å². The Labute approximate surface area is 105 Å². The lowest BCUT2D eigenvalue weighted by Crippen LogP contribution is -2.27. The summed E-state index contributed by atoms with van der Waals surface area (Å²) in [4.78, 5) is 0. The molecule has 0 amide bonds. The summed E-state index contributed by atoms with van der Waals surface area (Å²) < 4.78 is 5.57. The molecule has 1 unspecified atom stereocenters. The van der Waals surface area contributed by atoms with Crippen molar-refractivity contribution in [2.45, 2.75) is 40.2 Å². The lowest BCUT2D eigenvalue weighted by Gasteiger charge is -2.21. The molecule has 2 heteroatoms. The SMILES string of the molecule is CCCNC(COCC)c1ccc(C)cc1C. The molecule has 1 rings (SSSR count). The fraction of sp³-hybridized carbons (Fsp3) is 0.600. The van der Waals surface area contributed by atoms with Crippen molar-refractivity contribution in [2.24, 2.45) is 0 Å². The van der Waals surface area contributed by atoms with Crippen molar-refractivity contribution in [1.82, 2.24) is 5.32 Å². The maximum atomic E-state index is 5.57. The van der Waals surface area contributed by atoms with Crippen molar-refractivity contribution >= 4 is 0 Å². The van der Waals surface area contributed by atoms with Gasteiger partial charge in [0.15, 0.2) is 0 Å². The fourth-order valence-corrected chi connectivity index (χ4v) is 2.03. The van der Waals surface area contributed by atoms with Crippen LogP contribution in [0.5, 0.6) is 0 Å². The smallest absolute Gasteiger partial charge is 0.0661 e. The highest BCUT2D eigenvalue weighted by Crippen LogP contribution is 2.19. The van der Waals surface area contributed by atoms with Gasteiger partial charge in [0.2, 0.25) is 0 Å². The molecule has 1 atom stereocenters. The molecule has 0 bridgehead atoms. The molecular weight excluding hydrogens is 210 g/mol. The fourth-order valence-electron chi connectivity index (χ4n) is 2.03. The molecule has 0 radical (unpaired) electrons. The standard InChI is InChI=1S/C15H25NO/c1-5-9-16-15(11-17-6-2)14-8-7-12(3)10-13(14)4/h7-8,10,15-16H,5-6,9,11H2,1-4H3. The van der Waals surface area contributed by atoms with E-state index in [9.17, 15) is 0 Å². The predicted molar refractivity (Wildman–Crippen MR) is 73.4 cm³/mol. The predicted octanol–water partition coefficient (Wildman–Crippen LogP) is 3.38. The van der Waals surface area contributed by atoms with Crippen molar-refractivity contribution in [3.8, 4) is 0 Å². The molecule has 0 spiro atoms. The third-order valence-electron chi connectivity index (χ3n) is 2.93. The molecule has 2 nitrogen and oxygen atoms in total. The minimum absolute atomic E-state index is 0.315. The summed E-state index contributed by atoms with van der Waals surface area (Å²) in [6.45, 7) is 11.1. The van der Waals surface area contributed by atoms with Crippen molar-refractivity contribution < 1.29 is 4.74 Å². The molecule has 17 heavy (non-hydrogen) atoms. The third-order valence-corrected chi connectivity index (χ3v) is 2.93. The molecule has 0 saturated heterocycles. The minimum atomic E-state index is 0.315. The minimum Gasteiger partial charge on any atom is -0.380 e. The van der Waals surface area contributed by atoms with Crippen LogP contribution in [-0.2, 0) is 4.74 Å². The van der Waals surface area contributed by atoms with E-state index in [-0.39, 0.29) is 0 Å². The molecule has 0 aliphatic heterocycles. The second-order valence-corrected chi connectivity index (χ2v) is 4.53. The summed E-state index contributed by atoms with van der Waals surface area (Å²) in [6, 6.07) is 6.95. The zero-order valence-electron chi connectivity index (χ0n) is 11.5. The highest BCUT2D eigenvalue weighted by atomic mass is 16.5. The van der Waals surface area contributed by atoms with Crippen LogP contribution in [0.3, 0.4) is 0 Å². The normalized spacial score (nSPS) is 12.7. The summed E-state index contributed by atoms with van der Waals surface area (Å²) in [5.41, 5.74) is 4.02. The third kappa shape index (κ3) is 4.49. The monoisotopic (exact) mass is 235 g/mol. The highest BCUT2D eigenvalue weighted by molar-refractivity contribution is 5.32. The molecule has 0 heterocycles. The zero-order valence-corrected chi connectivity index (χ0v) is 11.5. The van der Waals surface area contributed by atoms with E-state index in [0.29, 0.717) is 6.04 Å². The van der Waals surface area contributed by atoms with Gasteiger partial charge in [0.25, 0.3) is 0 Å². The Morgan fingerprint density at radius 3 is 2.59 bits per heavy atom. The summed E-state index contributed by atoms with van der Waals surface area (Å²) in [5, 5.41) is 3.56. The maximum Gasteiger partial charge on any atom is 0.0661 e. The van der Waals surface area contributed by atoms with Crippen LogP contribution in [0.15, 0.2) is 18.2 Å². The average Bonchev–Trinajstić information content (AvgIpc) is 2.30. The van der Waals surface area contributed by atoms with E-state index in [1.54, 1.807) is 0 Å². The number of hydrogen-bond donors (Lipinski definition) is 1. The first kappa shape index (κ1) is 14.2. The van der Waals surface area contributed by atoms with Crippen molar-refractivity contribution in [1.29, 1.82) is 0 Å². The van der Waals surface area contributed by atoms with E-state index in [4.69, 9.17) is 4.74 Å². The van der Waals surface area contributed by atoms with E-state index >= 15 is 0 Å². The van der Waals surface area contributed by atoms with Crippen LogP contribution in [0, 0.1) is 13.8 Å². The van der Waals surface area contributed by atoms with Gasteiger partial charge in [-0.05, 0) is 44.9 Å². The van der Waals surface area contributed by atoms with Gasteiger partial charge < -0.3 is 10.1 Å². The van der Waals surface area contributed by atoms with Gasteiger partial charge in [0.1, 0.15) is 0 Å². The van der Waals surface area contributed by atoms with E-state index in [1.807, 2.05) is 6.92 Å². The summed E-state index contributed by atoms with van der Waals surface area (Å²) >= 11 is 0. The van der Waals surface area contributed by atoms with E-state index in [1.165, 1.54) is 16.7 Å². The van der Waals surface area contributed by atoms with Crippen LogP contribution in [-0.4, -0.2) is 19.8 Å². The van der Waals surface area contributed by atoms with Gasteiger partial charge in [0, 0.05) is 6.61 Å². The molecule has 1 aromatic carbocycles. The Morgan fingerprint density at radius 1 is 1.24 bits per heavy atom. The quantitative estimate of drug-likeness (QED) is 0.782. The molecule has 0 aliphatic rings. The Hall–Kier alpha value is -0.860. The first-order valence-electron chi connectivity index (χ1n) is 6.57. The van der Waals surface area contributed by atoms with Crippen molar-refractivity contribution in [3.05, 3.63) is 34.9 Å². The number of hydrogen-bond acceptors (Lipinski definition) is 2. The first-order chi connectivity index (χ1) is 8.19. The van der Waals surface area contributed by atoms with Crippen LogP contribution in [0.2, 0.25) is 0 Å². The lowest BCUT2D eigenvalue weighted by molar-refractivity contribution is 0.123. The second-order valence-electron chi connectivity index (χ2n) is 4.53. The molecule has 1 N–H and O–H groups in total. The molecule has 0 fully saturated rings. The summed E-state index contributed by atoms with van der Waals surface area (Å²) in [7, 11) is 0. The molecule has 0 aliphatic carbocycles. The highest BCUT2D eigenvalue weighted by Gasteiger charge is 2.12. The maximum absolute atomic E-state index is 5.57. The number of benzene rings is 1.